The molecular formula is C25H29N3O2. The number of hydrogen-bond donors (Lipinski definition) is 1. The molecule has 5 heteroatoms. The molecule has 5 nitrogen and oxygen atoms in total. The maximum absolute atomic E-state index is 13.1. The molecule has 0 spiro atoms. The average molecular weight is 404 g/mol. The van der Waals surface area contributed by atoms with Gasteiger partial charge in [-0.15, -0.1) is 0 Å². The van der Waals surface area contributed by atoms with Gasteiger partial charge in [-0.25, -0.2) is 4.98 Å². The van der Waals surface area contributed by atoms with Crippen molar-refractivity contribution in [2.24, 2.45) is 0 Å². The summed E-state index contributed by atoms with van der Waals surface area (Å²) in [6, 6.07) is 11.3. The van der Waals surface area contributed by atoms with Gasteiger partial charge in [-0.3, -0.25) is 4.79 Å². The third-order valence-corrected chi connectivity index (χ3v) is 7.34. The van der Waals surface area contributed by atoms with Gasteiger partial charge in [0.05, 0.1) is 5.56 Å². The number of anilines is 1. The second-order valence-corrected chi connectivity index (χ2v) is 9.00. The Morgan fingerprint density at radius 1 is 1.13 bits per heavy atom. The first-order valence-electron chi connectivity index (χ1n) is 11.0. The van der Waals surface area contributed by atoms with Crippen molar-refractivity contribution in [3.05, 3.63) is 59.0 Å². The van der Waals surface area contributed by atoms with E-state index in [2.05, 4.69) is 48.2 Å². The van der Waals surface area contributed by atoms with E-state index in [4.69, 9.17) is 4.42 Å². The fourth-order valence-electron chi connectivity index (χ4n) is 5.62. The molecule has 2 aliphatic heterocycles. The zero-order chi connectivity index (χ0) is 20.8. The first-order valence-corrected chi connectivity index (χ1v) is 11.0. The number of nitrogens with zero attached hydrogens (tertiary/aromatic N) is 2. The largest absolute Gasteiger partial charge is 0.443 e. The number of rotatable bonds is 3. The third kappa shape index (κ3) is 3.21. The minimum atomic E-state index is -0.141. The van der Waals surface area contributed by atoms with Crippen LogP contribution in [0.1, 0.15) is 65.1 Å². The number of nitrogens with one attached hydrogen (secondary N) is 1. The smallest absolute Gasteiger partial charge is 0.258 e. The van der Waals surface area contributed by atoms with E-state index in [1.54, 1.807) is 6.07 Å². The van der Waals surface area contributed by atoms with Gasteiger partial charge in [0.2, 0.25) is 0 Å². The van der Waals surface area contributed by atoms with Crippen molar-refractivity contribution in [2.75, 3.05) is 12.4 Å². The second kappa shape index (κ2) is 7.55. The number of amides is 1. The first-order chi connectivity index (χ1) is 14.5. The van der Waals surface area contributed by atoms with Gasteiger partial charge in [0.15, 0.2) is 12.0 Å². The maximum atomic E-state index is 13.1. The number of aromatic nitrogens is 1. The number of carbonyl (C=O) groups is 1. The molecule has 1 aromatic heterocycles. The number of fused-ring (bicyclic) bond motifs is 3. The number of carbonyl (C=O) groups excluding carboxylic acids is 1. The minimum absolute atomic E-state index is 0.141. The van der Waals surface area contributed by atoms with Gasteiger partial charge in [0.25, 0.3) is 5.91 Å². The Hall–Kier alpha value is -2.66. The fraction of sp³-hybridized carbons (Fsp3) is 0.440. The predicted molar refractivity (Wildman–Crippen MR) is 119 cm³/mol. The Morgan fingerprint density at radius 3 is 2.67 bits per heavy atom. The summed E-state index contributed by atoms with van der Waals surface area (Å²) in [4.78, 5) is 19.9. The summed E-state index contributed by atoms with van der Waals surface area (Å²) in [5, 5.41) is 3.18. The monoisotopic (exact) mass is 403 g/mol. The molecule has 0 radical (unpaired) electrons. The van der Waals surface area contributed by atoms with E-state index in [0.717, 1.165) is 11.3 Å². The van der Waals surface area contributed by atoms with Gasteiger partial charge in [0, 0.05) is 17.8 Å². The summed E-state index contributed by atoms with van der Waals surface area (Å²) < 4.78 is 5.35. The number of para-hydroxylation sites is 1. The second-order valence-electron chi connectivity index (χ2n) is 9.00. The number of piperidine rings is 2. The van der Waals surface area contributed by atoms with E-state index in [1.165, 1.54) is 49.6 Å². The number of benzene rings is 2. The molecule has 2 saturated heterocycles. The van der Waals surface area contributed by atoms with Gasteiger partial charge in [-0.1, -0.05) is 24.6 Å². The quantitative estimate of drug-likeness (QED) is 0.634. The van der Waals surface area contributed by atoms with Crippen molar-refractivity contribution >= 4 is 22.7 Å². The summed E-state index contributed by atoms with van der Waals surface area (Å²) >= 11 is 0. The highest BCUT2D eigenvalue weighted by Gasteiger charge is 2.37. The molecular weight excluding hydrogens is 374 g/mol. The number of aryl methyl sites for hydroxylation is 1. The molecule has 2 aromatic carbocycles. The number of oxazole rings is 1. The summed E-state index contributed by atoms with van der Waals surface area (Å²) in [6.07, 6.45) is 7.77. The number of hydrogen-bond acceptors (Lipinski definition) is 4. The molecule has 2 aliphatic rings. The molecule has 2 unspecified atom stereocenters. The van der Waals surface area contributed by atoms with Crippen LogP contribution in [0.3, 0.4) is 0 Å². The van der Waals surface area contributed by atoms with Crippen molar-refractivity contribution in [1.29, 1.82) is 0 Å². The Labute approximate surface area is 177 Å². The average Bonchev–Trinajstić information content (AvgIpc) is 3.20. The predicted octanol–water partition coefficient (Wildman–Crippen LogP) is 5.43. The van der Waals surface area contributed by atoms with Crippen LogP contribution in [0.4, 0.5) is 5.69 Å². The van der Waals surface area contributed by atoms with Crippen molar-refractivity contribution in [2.45, 2.75) is 64.0 Å². The molecule has 3 aromatic rings. The molecule has 156 valence electrons. The fourth-order valence-corrected chi connectivity index (χ4v) is 5.62. The summed E-state index contributed by atoms with van der Waals surface area (Å²) in [6.45, 7) is 4.22. The highest BCUT2D eigenvalue weighted by molar-refractivity contribution is 6.11. The van der Waals surface area contributed by atoms with E-state index in [1.807, 2.05) is 12.1 Å². The van der Waals surface area contributed by atoms with Crippen LogP contribution in [-0.4, -0.2) is 34.9 Å². The van der Waals surface area contributed by atoms with Crippen LogP contribution in [0.15, 0.2) is 41.1 Å². The Balaban J connectivity index is 1.45. The van der Waals surface area contributed by atoms with Crippen molar-refractivity contribution in [1.82, 2.24) is 9.88 Å². The topological polar surface area (TPSA) is 58.4 Å². The molecule has 30 heavy (non-hydrogen) atoms. The lowest BCUT2D eigenvalue weighted by atomic mass is 9.74. The zero-order valence-electron chi connectivity index (χ0n) is 17.9. The lowest BCUT2D eigenvalue weighted by Gasteiger charge is -2.47. The summed E-state index contributed by atoms with van der Waals surface area (Å²) in [5.74, 6) is 0.421. The molecule has 2 bridgehead atoms. The summed E-state index contributed by atoms with van der Waals surface area (Å²) in [5.41, 5.74) is 6.38. The van der Waals surface area contributed by atoms with Crippen molar-refractivity contribution in [3.63, 3.8) is 0 Å². The minimum Gasteiger partial charge on any atom is -0.443 e. The Morgan fingerprint density at radius 2 is 1.90 bits per heavy atom. The highest BCUT2D eigenvalue weighted by Crippen LogP contribution is 2.43. The van der Waals surface area contributed by atoms with Crippen LogP contribution in [0, 0.1) is 13.8 Å². The van der Waals surface area contributed by atoms with Crippen LogP contribution in [0.5, 0.6) is 0 Å². The summed E-state index contributed by atoms with van der Waals surface area (Å²) in [7, 11) is 2.29. The van der Waals surface area contributed by atoms with Crippen LogP contribution < -0.4 is 5.32 Å². The van der Waals surface area contributed by atoms with E-state index in [9.17, 15) is 4.79 Å². The lowest BCUT2D eigenvalue weighted by Crippen LogP contribution is -2.49. The van der Waals surface area contributed by atoms with E-state index in [0.29, 0.717) is 34.7 Å². The molecule has 0 aliphatic carbocycles. The maximum Gasteiger partial charge on any atom is 0.258 e. The van der Waals surface area contributed by atoms with Crippen LogP contribution in [0.2, 0.25) is 0 Å². The molecule has 1 N–H and O–H groups in total. The van der Waals surface area contributed by atoms with Gasteiger partial charge in [0.1, 0.15) is 5.52 Å². The van der Waals surface area contributed by atoms with Crippen LogP contribution in [0.25, 0.3) is 11.1 Å². The van der Waals surface area contributed by atoms with Crippen molar-refractivity contribution in [3.8, 4) is 0 Å². The zero-order valence-corrected chi connectivity index (χ0v) is 17.9. The van der Waals surface area contributed by atoms with Crippen LogP contribution in [-0.2, 0) is 0 Å². The Kier molecular flexibility index (Phi) is 4.86. The first kappa shape index (κ1) is 19.3. The molecule has 2 atom stereocenters. The van der Waals surface area contributed by atoms with E-state index in [-0.39, 0.29) is 5.91 Å². The Bertz CT molecular complexity index is 1090. The normalized spacial score (nSPS) is 24.2. The van der Waals surface area contributed by atoms with Gasteiger partial charge >= 0.3 is 0 Å². The molecule has 3 heterocycles. The molecule has 5 rings (SSSR count). The van der Waals surface area contributed by atoms with Crippen LogP contribution >= 0.6 is 0 Å². The molecule has 1 amide bonds. The standard InChI is InChI=1S/C25H29N3O2/c1-15-10-11-20(17-12-18-6-4-7-19(13-17)28(18)3)16(2)23(15)27-25(29)21-8-5-9-22-24(21)26-14-30-22/h5,8-11,14,17-19H,4,6-7,12-13H2,1-3H3,(H,27,29). The van der Waals surface area contributed by atoms with E-state index < -0.39 is 0 Å². The SMILES string of the molecule is Cc1ccc(C2CC3CCCC(C2)N3C)c(C)c1NC(=O)c1cccc2ocnc12. The van der Waals surface area contributed by atoms with Crippen molar-refractivity contribution < 1.29 is 9.21 Å². The highest BCUT2D eigenvalue weighted by atomic mass is 16.3. The molecule has 2 fully saturated rings. The van der Waals surface area contributed by atoms with Gasteiger partial charge < -0.3 is 14.6 Å². The lowest BCUT2D eigenvalue weighted by molar-refractivity contribution is 0.0554. The van der Waals surface area contributed by atoms with Gasteiger partial charge in [-0.2, -0.15) is 0 Å². The third-order valence-electron chi connectivity index (χ3n) is 7.34. The van der Waals surface area contributed by atoms with E-state index >= 15 is 0 Å². The van der Waals surface area contributed by atoms with Gasteiger partial charge in [-0.05, 0) is 81.3 Å². The molecule has 0 saturated carbocycles.